The van der Waals surface area contributed by atoms with E-state index in [0.29, 0.717) is 18.7 Å². The van der Waals surface area contributed by atoms with E-state index in [1.807, 2.05) is 24.3 Å². The highest BCUT2D eigenvalue weighted by molar-refractivity contribution is 6.17. The summed E-state index contributed by atoms with van der Waals surface area (Å²) in [6, 6.07) is 10.4. The van der Waals surface area contributed by atoms with Crippen molar-refractivity contribution in [3.63, 3.8) is 0 Å². The van der Waals surface area contributed by atoms with Crippen LogP contribution in [0.2, 0.25) is 0 Å². The predicted octanol–water partition coefficient (Wildman–Crippen LogP) is 4.22. The van der Waals surface area contributed by atoms with Gasteiger partial charge in [0.25, 0.3) is 0 Å². The molecule has 0 bridgehead atoms. The van der Waals surface area contributed by atoms with Crippen molar-refractivity contribution in [3.05, 3.63) is 64.7 Å². The summed E-state index contributed by atoms with van der Waals surface area (Å²) in [5, 5.41) is 0. The third-order valence-corrected chi connectivity index (χ3v) is 3.70. The van der Waals surface area contributed by atoms with Gasteiger partial charge in [-0.1, -0.05) is 24.3 Å². The average Bonchev–Trinajstić information content (AvgIpc) is 2.80. The Morgan fingerprint density at radius 1 is 1.00 bits per heavy atom. The van der Waals surface area contributed by atoms with Gasteiger partial charge in [0.2, 0.25) is 0 Å². The lowest BCUT2D eigenvalue weighted by Crippen LogP contribution is -2.18. The molecule has 19 heavy (non-hydrogen) atoms. The van der Waals surface area contributed by atoms with E-state index in [4.69, 9.17) is 11.6 Å². The van der Waals surface area contributed by atoms with Crippen LogP contribution in [0.4, 0.5) is 14.5 Å². The minimum Gasteiger partial charge on any atom is -0.358 e. The Hall–Kier alpha value is -1.61. The Balaban J connectivity index is 1.97. The molecule has 1 aliphatic rings. The number of fused-ring (bicyclic) bond motifs is 1. The molecule has 0 saturated heterocycles. The highest BCUT2D eigenvalue weighted by atomic mass is 35.5. The monoisotopic (exact) mass is 279 g/mol. The highest BCUT2D eigenvalue weighted by Gasteiger charge is 2.24. The summed E-state index contributed by atoms with van der Waals surface area (Å²) in [5.74, 6) is -0.999. The van der Waals surface area contributed by atoms with Gasteiger partial charge in [-0.3, -0.25) is 0 Å². The van der Waals surface area contributed by atoms with Crippen molar-refractivity contribution in [3.8, 4) is 0 Å². The van der Waals surface area contributed by atoms with Crippen LogP contribution in [0.5, 0.6) is 0 Å². The fourth-order valence-electron chi connectivity index (χ4n) is 2.49. The first kappa shape index (κ1) is 12.4. The van der Waals surface area contributed by atoms with E-state index in [1.165, 1.54) is 12.1 Å². The molecule has 0 aromatic heterocycles. The molecule has 3 rings (SSSR count). The lowest BCUT2D eigenvalue weighted by atomic mass is 10.1. The molecule has 1 aliphatic heterocycles. The molecule has 98 valence electrons. The minimum absolute atomic E-state index is 0.0325. The van der Waals surface area contributed by atoms with Gasteiger partial charge in [-0.2, -0.15) is 0 Å². The zero-order valence-corrected chi connectivity index (χ0v) is 10.9. The number of nitrogens with zero attached hydrogens (tertiary/aromatic N) is 1. The maximum Gasteiger partial charge on any atom is 0.149 e. The number of alkyl halides is 1. The average molecular weight is 280 g/mol. The minimum atomic E-state index is -0.552. The molecule has 4 heteroatoms. The zero-order chi connectivity index (χ0) is 13.4. The summed E-state index contributed by atoms with van der Waals surface area (Å²) in [6.07, 6.45) is 0. The number of anilines is 1. The van der Waals surface area contributed by atoms with Crippen molar-refractivity contribution < 1.29 is 8.78 Å². The van der Waals surface area contributed by atoms with Crippen LogP contribution in [0.1, 0.15) is 16.7 Å². The van der Waals surface area contributed by atoms with Crippen molar-refractivity contribution in [2.45, 2.75) is 19.0 Å². The Morgan fingerprint density at radius 2 is 1.53 bits per heavy atom. The normalized spacial score (nSPS) is 13.7. The van der Waals surface area contributed by atoms with Crippen molar-refractivity contribution in [1.29, 1.82) is 0 Å². The summed E-state index contributed by atoms with van der Waals surface area (Å²) < 4.78 is 28.1. The van der Waals surface area contributed by atoms with Gasteiger partial charge in [0.05, 0.1) is 0 Å². The quantitative estimate of drug-likeness (QED) is 0.744. The van der Waals surface area contributed by atoms with Crippen molar-refractivity contribution in [2.75, 3.05) is 4.90 Å². The maximum absolute atomic E-state index is 14.0. The van der Waals surface area contributed by atoms with Gasteiger partial charge in [-0.25, -0.2) is 8.78 Å². The summed E-state index contributed by atoms with van der Waals surface area (Å²) in [4.78, 5) is 1.72. The van der Waals surface area contributed by atoms with Crippen LogP contribution < -0.4 is 4.90 Å². The number of halogens is 3. The fourth-order valence-corrected chi connectivity index (χ4v) is 2.64. The lowest BCUT2D eigenvalue weighted by Gasteiger charge is -2.19. The third-order valence-electron chi connectivity index (χ3n) is 3.39. The van der Waals surface area contributed by atoms with E-state index in [-0.39, 0.29) is 11.6 Å². The molecule has 0 fully saturated rings. The number of hydrogen-bond acceptors (Lipinski definition) is 1. The van der Waals surface area contributed by atoms with Gasteiger partial charge in [0.15, 0.2) is 0 Å². The lowest BCUT2D eigenvalue weighted by molar-refractivity contribution is 0.571. The molecular weight excluding hydrogens is 268 g/mol. The molecule has 0 unspecified atom stereocenters. The van der Waals surface area contributed by atoms with E-state index < -0.39 is 11.6 Å². The number of rotatable bonds is 2. The molecule has 0 atom stereocenters. The van der Waals surface area contributed by atoms with Gasteiger partial charge in [0, 0.05) is 19.0 Å². The molecule has 0 amide bonds. The Kier molecular flexibility index (Phi) is 3.15. The first-order chi connectivity index (χ1) is 9.19. The van der Waals surface area contributed by atoms with Gasteiger partial charge < -0.3 is 4.90 Å². The predicted molar refractivity (Wildman–Crippen MR) is 72.2 cm³/mol. The number of benzene rings is 2. The molecular formula is C15H12ClF2N. The van der Waals surface area contributed by atoms with Crippen molar-refractivity contribution in [1.82, 2.24) is 0 Å². The summed E-state index contributed by atoms with van der Waals surface area (Å²) in [6.45, 7) is 1.06. The maximum atomic E-state index is 14.0. The fraction of sp³-hybridized carbons (Fsp3) is 0.200. The van der Waals surface area contributed by atoms with Crippen molar-refractivity contribution in [2.24, 2.45) is 0 Å². The van der Waals surface area contributed by atoms with E-state index >= 15 is 0 Å². The molecule has 2 aromatic rings. The second kappa shape index (κ2) is 4.82. The SMILES string of the molecule is Fc1cc(CCl)cc(F)c1N1Cc2ccccc2C1. The second-order valence-corrected chi connectivity index (χ2v) is 4.93. The molecule has 0 aliphatic carbocycles. The van der Waals surface area contributed by atoms with Crippen LogP contribution in [0.25, 0.3) is 0 Å². The molecule has 0 N–H and O–H groups in total. The van der Waals surface area contributed by atoms with E-state index in [2.05, 4.69) is 0 Å². The van der Waals surface area contributed by atoms with Gasteiger partial charge in [-0.15, -0.1) is 11.6 Å². The standard InChI is InChI=1S/C15H12ClF2N/c16-7-10-5-13(17)15(14(18)6-10)19-8-11-3-1-2-4-12(11)9-19/h1-6H,7-9H2. The first-order valence-corrected chi connectivity index (χ1v) is 6.58. The Morgan fingerprint density at radius 3 is 2.00 bits per heavy atom. The number of hydrogen-bond donors (Lipinski definition) is 0. The Labute approximate surface area is 115 Å². The second-order valence-electron chi connectivity index (χ2n) is 4.67. The largest absolute Gasteiger partial charge is 0.358 e. The Bertz CT molecular complexity index is 579. The van der Waals surface area contributed by atoms with Gasteiger partial charge >= 0.3 is 0 Å². The summed E-state index contributed by atoms with van der Waals surface area (Å²) in [5.41, 5.74) is 2.72. The van der Waals surface area contributed by atoms with Crippen LogP contribution >= 0.6 is 11.6 Å². The molecule has 0 radical (unpaired) electrons. The third kappa shape index (κ3) is 2.19. The molecule has 1 nitrogen and oxygen atoms in total. The van der Waals surface area contributed by atoms with Crippen LogP contribution in [0, 0.1) is 11.6 Å². The first-order valence-electron chi connectivity index (χ1n) is 6.04. The molecule has 2 aromatic carbocycles. The molecule has 1 heterocycles. The molecule has 0 spiro atoms. The van der Waals surface area contributed by atoms with Crippen LogP contribution in [-0.4, -0.2) is 0 Å². The topological polar surface area (TPSA) is 3.24 Å². The van der Waals surface area contributed by atoms with Gasteiger partial charge in [0.1, 0.15) is 17.3 Å². The van der Waals surface area contributed by atoms with E-state index in [0.717, 1.165) is 11.1 Å². The van der Waals surface area contributed by atoms with E-state index in [9.17, 15) is 8.78 Å². The van der Waals surface area contributed by atoms with Crippen molar-refractivity contribution >= 4 is 17.3 Å². The van der Waals surface area contributed by atoms with Gasteiger partial charge in [-0.05, 0) is 28.8 Å². The van der Waals surface area contributed by atoms with E-state index in [1.54, 1.807) is 4.90 Å². The van der Waals surface area contributed by atoms with Crippen LogP contribution in [-0.2, 0) is 19.0 Å². The van der Waals surface area contributed by atoms with Crippen LogP contribution in [0.15, 0.2) is 36.4 Å². The van der Waals surface area contributed by atoms with Crippen LogP contribution in [0.3, 0.4) is 0 Å². The molecule has 0 saturated carbocycles. The smallest absolute Gasteiger partial charge is 0.149 e. The summed E-state index contributed by atoms with van der Waals surface area (Å²) >= 11 is 5.61. The highest BCUT2D eigenvalue weighted by Crippen LogP contribution is 2.32. The zero-order valence-electron chi connectivity index (χ0n) is 10.2. The summed E-state index contributed by atoms with van der Waals surface area (Å²) in [7, 11) is 0.